The van der Waals surface area contributed by atoms with E-state index in [1.165, 1.54) is 0 Å². The fourth-order valence-electron chi connectivity index (χ4n) is 2.72. The molecule has 7 nitrogen and oxygen atoms in total. The Balaban J connectivity index is 2.01. The smallest absolute Gasteiger partial charge is 0.244 e. The lowest BCUT2D eigenvalue weighted by atomic mass is 10.2. The van der Waals surface area contributed by atoms with Gasteiger partial charge in [-0.3, -0.25) is 0 Å². The number of rotatable bonds is 5. The van der Waals surface area contributed by atoms with Crippen LogP contribution in [0.3, 0.4) is 0 Å². The van der Waals surface area contributed by atoms with Gasteiger partial charge in [0.15, 0.2) is 0 Å². The summed E-state index contributed by atoms with van der Waals surface area (Å²) in [6.07, 6.45) is 3.51. The number of anilines is 2. The topological polar surface area (TPSA) is 54.0 Å². The SMILES string of the molecule is COc1cc(OC)cc(N(c2ncccn2)N2CCN(C)CC2)c1. The molecule has 0 atom stereocenters. The van der Waals surface area contributed by atoms with Crippen molar-refractivity contribution >= 4 is 11.6 Å². The van der Waals surface area contributed by atoms with Gasteiger partial charge in [-0.15, -0.1) is 0 Å². The van der Waals surface area contributed by atoms with E-state index in [9.17, 15) is 0 Å². The van der Waals surface area contributed by atoms with Gasteiger partial charge in [0.2, 0.25) is 5.95 Å². The van der Waals surface area contributed by atoms with E-state index >= 15 is 0 Å². The van der Waals surface area contributed by atoms with Crippen LogP contribution in [0.15, 0.2) is 36.7 Å². The fourth-order valence-corrected chi connectivity index (χ4v) is 2.72. The predicted octanol–water partition coefficient (Wildman–Crippen LogP) is 1.79. The van der Waals surface area contributed by atoms with Crippen LogP contribution in [0.25, 0.3) is 0 Å². The first-order valence-corrected chi connectivity index (χ1v) is 7.95. The number of benzene rings is 1. The van der Waals surface area contributed by atoms with Crippen LogP contribution in [0.1, 0.15) is 0 Å². The van der Waals surface area contributed by atoms with Crippen LogP contribution in [0.5, 0.6) is 11.5 Å². The van der Waals surface area contributed by atoms with E-state index in [0.717, 1.165) is 43.4 Å². The Kier molecular flexibility index (Phi) is 5.12. The second-order valence-corrected chi connectivity index (χ2v) is 5.69. The molecular weight excluding hydrogens is 306 g/mol. The lowest BCUT2D eigenvalue weighted by molar-refractivity contribution is 0.153. The Bertz CT molecular complexity index is 637. The number of piperazine rings is 1. The third-order valence-electron chi connectivity index (χ3n) is 4.08. The van der Waals surface area contributed by atoms with Gasteiger partial charge in [0.25, 0.3) is 0 Å². The maximum Gasteiger partial charge on any atom is 0.244 e. The molecule has 3 rings (SSSR count). The number of methoxy groups -OCH3 is 2. The van der Waals surface area contributed by atoms with Crippen molar-refractivity contribution in [2.75, 3.05) is 52.5 Å². The summed E-state index contributed by atoms with van der Waals surface area (Å²) in [5, 5.41) is 4.29. The molecular formula is C17H23N5O2. The number of nitrogens with zero attached hydrogens (tertiary/aromatic N) is 5. The second kappa shape index (κ2) is 7.46. The first-order valence-electron chi connectivity index (χ1n) is 7.95. The van der Waals surface area contributed by atoms with Gasteiger partial charge < -0.3 is 14.4 Å². The van der Waals surface area contributed by atoms with E-state index in [1.807, 2.05) is 29.3 Å². The van der Waals surface area contributed by atoms with Crippen molar-refractivity contribution < 1.29 is 9.47 Å². The van der Waals surface area contributed by atoms with E-state index in [-0.39, 0.29) is 0 Å². The number of hydrogen-bond acceptors (Lipinski definition) is 7. The molecule has 1 aromatic heterocycles. The minimum absolute atomic E-state index is 0.636. The highest BCUT2D eigenvalue weighted by Gasteiger charge is 2.25. The highest BCUT2D eigenvalue weighted by molar-refractivity contribution is 5.61. The molecule has 1 fully saturated rings. The van der Waals surface area contributed by atoms with Crippen LogP contribution >= 0.6 is 0 Å². The quantitative estimate of drug-likeness (QED) is 0.829. The number of hydrogen-bond donors (Lipinski definition) is 0. The van der Waals surface area contributed by atoms with Crippen LogP contribution in [0.4, 0.5) is 11.6 Å². The van der Waals surface area contributed by atoms with Gasteiger partial charge in [0.05, 0.1) is 19.9 Å². The Morgan fingerprint density at radius 1 is 0.917 bits per heavy atom. The van der Waals surface area contributed by atoms with E-state index in [4.69, 9.17) is 9.47 Å². The molecule has 0 spiro atoms. The summed E-state index contributed by atoms with van der Waals surface area (Å²) in [6, 6.07) is 7.61. The third-order valence-corrected chi connectivity index (χ3v) is 4.08. The van der Waals surface area contributed by atoms with Gasteiger partial charge in [-0.1, -0.05) is 0 Å². The summed E-state index contributed by atoms with van der Waals surface area (Å²) in [5.41, 5.74) is 0.918. The van der Waals surface area contributed by atoms with Gasteiger partial charge in [0.1, 0.15) is 11.5 Å². The van der Waals surface area contributed by atoms with Crippen molar-refractivity contribution in [1.82, 2.24) is 19.9 Å². The summed E-state index contributed by atoms with van der Waals surface area (Å²) < 4.78 is 10.8. The normalized spacial score (nSPS) is 16.0. The molecule has 0 saturated carbocycles. The zero-order valence-corrected chi connectivity index (χ0v) is 14.3. The van der Waals surface area contributed by atoms with Crippen LogP contribution in [-0.2, 0) is 0 Å². The van der Waals surface area contributed by atoms with Gasteiger partial charge in [0, 0.05) is 56.8 Å². The summed E-state index contributed by atoms with van der Waals surface area (Å²) >= 11 is 0. The maximum absolute atomic E-state index is 5.41. The average molecular weight is 329 g/mol. The van der Waals surface area contributed by atoms with Crippen LogP contribution < -0.4 is 14.5 Å². The van der Waals surface area contributed by atoms with Crippen LogP contribution in [0, 0.1) is 0 Å². The van der Waals surface area contributed by atoms with Crippen molar-refractivity contribution in [1.29, 1.82) is 0 Å². The number of aromatic nitrogens is 2. The molecule has 2 heterocycles. The molecule has 1 aromatic carbocycles. The summed E-state index contributed by atoms with van der Waals surface area (Å²) in [4.78, 5) is 11.2. The van der Waals surface area contributed by atoms with Gasteiger partial charge >= 0.3 is 0 Å². The van der Waals surface area contributed by atoms with E-state index in [1.54, 1.807) is 26.6 Å². The molecule has 0 N–H and O–H groups in total. The molecule has 0 amide bonds. The van der Waals surface area contributed by atoms with Crippen LogP contribution in [0.2, 0.25) is 0 Å². The number of ether oxygens (including phenoxy) is 2. The molecule has 0 radical (unpaired) electrons. The lowest BCUT2D eigenvalue weighted by Gasteiger charge is -2.40. The summed E-state index contributed by atoms with van der Waals surface area (Å²) in [7, 11) is 5.44. The lowest BCUT2D eigenvalue weighted by Crippen LogP contribution is -2.51. The number of likely N-dealkylation sites (N-methyl/N-ethyl adjacent to an activating group) is 1. The third kappa shape index (κ3) is 3.58. The van der Waals surface area contributed by atoms with Gasteiger partial charge in [-0.25, -0.2) is 20.0 Å². The minimum Gasteiger partial charge on any atom is -0.497 e. The molecule has 1 aliphatic heterocycles. The average Bonchev–Trinajstić information content (AvgIpc) is 2.64. The molecule has 24 heavy (non-hydrogen) atoms. The zero-order chi connectivity index (χ0) is 16.9. The summed E-state index contributed by atoms with van der Waals surface area (Å²) in [5.74, 6) is 2.11. The van der Waals surface area contributed by atoms with Crippen molar-refractivity contribution in [3.8, 4) is 11.5 Å². The largest absolute Gasteiger partial charge is 0.497 e. The highest BCUT2D eigenvalue weighted by atomic mass is 16.5. The molecule has 0 aliphatic carbocycles. The molecule has 7 heteroatoms. The Morgan fingerprint density at radius 2 is 1.50 bits per heavy atom. The minimum atomic E-state index is 0.636. The van der Waals surface area contributed by atoms with Crippen LogP contribution in [-0.4, -0.2) is 67.3 Å². The predicted molar refractivity (Wildman–Crippen MR) is 92.8 cm³/mol. The first-order chi connectivity index (χ1) is 11.7. The maximum atomic E-state index is 5.41. The Morgan fingerprint density at radius 3 is 2.04 bits per heavy atom. The molecule has 1 saturated heterocycles. The van der Waals surface area contributed by atoms with Gasteiger partial charge in [-0.2, -0.15) is 0 Å². The fraction of sp³-hybridized carbons (Fsp3) is 0.412. The van der Waals surface area contributed by atoms with Crippen molar-refractivity contribution in [3.05, 3.63) is 36.7 Å². The monoisotopic (exact) mass is 329 g/mol. The Labute approximate surface area is 142 Å². The molecule has 0 bridgehead atoms. The van der Waals surface area contributed by atoms with E-state index in [0.29, 0.717) is 5.95 Å². The zero-order valence-electron chi connectivity index (χ0n) is 14.3. The first kappa shape index (κ1) is 16.5. The highest BCUT2D eigenvalue weighted by Crippen LogP contribution is 2.32. The molecule has 128 valence electrons. The Hall–Kier alpha value is -2.38. The molecule has 0 unspecified atom stereocenters. The second-order valence-electron chi connectivity index (χ2n) is 5.69. The van der Waals surface area contributed by atoms with Crippen molar-refractivity contribution in [3.63, 3.8) is 0 Å². The summed E-state index contributed by atoms with van der Waals surface area (Å²) in [6.45, 7) is 3.78. The molecule has 1 aliphatic rings. The van der Waals surface area contributed by atoms with Gasteiger partial charge in [-0.05, 0) is 13.1 Å². The van der Waals surface area contributed by atoms with E-state index < -0.39 is 0 Å². The van der Waals surface area contributed by atoms with Crippen molar-refractivity contribution in [2.45, 2.75) is 0 Å². The standard InChI is InChI=1S/C17H23N5O2/c1-20-7-9-21(10-8-20)22(17-18-5-4-6-19-17)14-11-15(23-2)13-16(12-14)24-3/h4-6,11-13H,7-10H2,1-3H3. The van der Waals surface area contributed by atoms with Crippen molar-refractivity contribution in [2.24, 2.45) is 0 Å². The molecule has 2 aromatic rings. The number of hydrazine groups is 1. The van der Waals surface area contributed by atoms with E-state index in [2.05, 4.69) is 26.9 Å².